The molecule has 144 valence electrons. The number of benzene rings is 2. The predicted octanol–water partition coefficient (Wildman–Crippen LogP) is 3.20. The van der Waals surface area contributed by atoms with E-state index in [0.29, 0.717) is 30.4 Å². The number of nitrogens with one attached hydrogen (secondary N) is 1. The zero-order valence-electron chi connectivity index (χ0n) is 15.9. The number of carbonyl (C=O) groups is 2. The van der Waals surface area contributed by atoms with Crippen LogP contribution in [0, 0.1) is 5.92 Å². The molecule has 1 N–H and O–H groups in total. The Balaban J connectivity index is 1.78. The molecule has 0 heterocycles. The van der Waals surface area contributed by atoms with Gasteiger partial charge in [0.1, 0.15) is 11.5 Å². The molecule has 0 unspecified atom stereocenters. The zero-order valence-corrected chi connectivity index (χ0v) is 15.9. The highest BCUT2D eigenvalue weighted by Gasteiger charge is 2.11. The maximum absolute atomic E-state index is 12.1. The molecule has 1 amide bonds. The van der Waals surface area contributed by atoms with E-state index in [4.69, 9.17) is 14.2 Å². The first-order valence-corrected chi connectivity index (χ1v) is 8.77. The second kappa shape index (κ2) is 10.2. The minimum absolute atomic E-state index is 0.341. The molecule has 0 bridgehead atoms. The highest BCUT2D eigenvalue weighted by Crippen LogP contribution is 2.15. The van der Waals surface area contributed by atoms with Crippen molar-refractivity contribution in [3.63, 3.8) is 0 Å². The molecule has 0 aliphatic heterocycles. The van der Waals surface area contributed by atoms with Gasteiger partial charge < -0.3 is 19.5 Å². The van der Waals surface area contributed by atoms with Crippen LogP contribution in [0.3, 0.4) is 0 Å². The Kier molecular flexibility index (Phi) is 7.67. The summed E-state index contributed by atoms with van der Waals surface area (Å²) in [5, 5.41) is 2.71. The Morgan fingerprint density at radius 1 is 1.04 bits per heavy atom. The number of rotatable bonds is 9. The van der Waals surface area contributed by atoms with E-state index in [1.807, 2.05) is 38.1 Å². The van der Waals surface area contributed by atoms with Crippen LogP contribution >= 0.6 is 0 Å². The molecule has 0 spiro atoms. The molecule has 2 aromatic carbocycles. The summed E-state index contributed by atoms with van der Waals surface area (Å²) in [6.45, 7) is 4.66. The Morgan fingerprint density at radius 3 is 2.44 bits per heavy atom. The minimum atomic E-state index is -0.565. The van der Waals surface area contributed by atoms with E-state index in [1.54, 1.807) is 31.4 Å². The summed E-state index contributed by atoms with van der Waals surface area (Å²) >= 11 is 0. The normalized spacial score (nSPS) is 10.4. The van der Waals surface area contributed by atoms with Crippen LogP contribution in [0.4, 0.5) is 0 Å². The van der Waals surface area contributed by atoms with Crippen molar-refractivity contribution in [1.82, 2.24) is 5.32 Å². The Bertz CT molecular complexity index is 755. The van der Waals surface area contributed by atoms with Crippen LogP contribution in [0.25, 0.3) is 0 Å². The Labute approximate surface area is 159 Å². The number of methoxy groups -OCH3 is 1. The molecule has 0 radical (unpaired) electrons. The summed E-state index contributed by atoms with van der Waals surface area (Å²) in [5.41, 5.74) is 1.27. The first-order chi connectivity index (χ1) is 13.0. The van der Waals surface area contributed by atoms with Gasteiger partial charge in [-0.1, -0.05) is 32.0 Å². The summed E-state index contributed by atoms with van der Waals surface area (Å²) < 4.78 is 15.7. The van der Waals surface area contributed by atoms with Crippen molar-refractivity contribution in [3.8, 4) is 11.5 Å². The number of hydrogen-bond donors (Lipinski definition) is 1. The molecule has 0 atom stereocenters. The van der Waals surface area contributed by atoms with E-state index >= 15 is 0 Å². The van der Waals surface area contributed by atoms with Gasteiger partial charge in [0.15, 0.2) is 6.61 Å². The van der Waals surface area contributed by atoms with Crippen molar-refractivity contribution in [1.29, 1.82) is 0 Å². The van der Waals surface area contributed by atoms with Crippen LogP contribution in [-0.4, -0.2) is 32.2 Å². The monoisotopic (exact) mass is 371 g/mol. The quantitative estimate of drug-likeness (QED) is 0.685. The van der Waals surface area contributed by atoms with Crippen molar-refractivity contribution in [2.75, 3.05) is 20.3 Å². The van der Waals surface area contributed by atoms with Gasteiger partial charge in [-0.2, -0.15) is 0 Å². The third-order valence-electron chi connectivity index (χ3n) is 3.64. The maximum atomic E-state index is 12.1. The lowest BCUT2D eigenvalue weighted by molar-refractivity contribution is -0.124. The lowest BCUT2D eigenvalue weighted by Gasteiger charge is -2.10. The topological polar surface area (TPSA) is 73.9 Å². The fourth-order valence-electron chi connectivity index (χ4n) is 2.19. The number of amides is 1. The molecule has 0 fully saturated rings. The van der Waals surface area contributed by atoms with E-state index < -0.39 is 5.97 Å². The van der Waals surface area contributed by atoms with E-state index in [-0.39, 0.29) is 12.5 Å². The van der Waals surface area contributed by atoms with Crippen LogP contribution in [0.2, 0.25) is 0 Å². The van der Waals surface area contributed by atoms with Gasteiger partial charge in [0.2, 0.25) is 0 Å². The van der Waals surface area contributed by atoms with Gasteiger partial charge in [-0.15, -0.1) is 0 Å². The van der Waals surface area contributed by atoms with Gasteiger partial charge in [-0.05, 0) is 41.8 Å². The van der Waals surface area contributed by atoms with Crippen molar-refractivity contribution >= 4 is 11.9 Å². The molecular formula is C21H25NO5. The van der Waals surface area contributed by atoms with Crippen LogP contribution in [0.15, 0.2) is 48.5 Å². The van der Waals surface area contributed by atoms with Gasteiger partial charge in [0.25, 0.3) is 5.91 Å². The zero-order chi connectivity index (χ0) is 19.6. The Hall–Kier alpha value is -3.02. The average Bonchev–Trinajstić information content (AvgIpc) is 2.69. The fourth-order valence-corrected chi connectivity index (χ4v) is 2.19. The number of ether oxygens (including phenoxy) is 3. The molecule has 27 heavy (non-hydrogen) atoms. The van der Waals surface area contributed by atoms with Crippen molar-refractivity contribution in [2.24, 2.45) is 5.92 Å². The molecule has 0 aromatic heterocycles. The largest absolute Gasteiger partial charge is 0.497 e. The van der Waals surface area contributed by atoms with Crippen LogP contribution in [-0.2, 0) is 16.1 Å². The van der Waals surface area contributed by atoms with Gasteiger partial charge in [0, 0.05) is 6.54 Å². The summed E-state index contributed by atoms with van der Waals surface area (Å²) in [5.74, 6) is 0.798. The van der Waals surface area contributed by atoms with E-state index in [9.17, 15) is 9.59 Å². The molecule has 6 heteroatoms. The molecule has 2 aromatic rings. The van der Waals surface area contributed by atoms with Crippen LogP contribution < -0.4 is 14.8 Å². The van der Waals surface area contributed by atoms with E-state index in [0.717, 1.165) is 11.3 Å². The minimum Gasteiger partial charge on any atom is -0.497 e. The van der Waals surface area contributed by atoms with Crippen molar-refractivity contribution in [3.05, 3.63) is 59.7 Å². The molecule has 0 aliphatic rings. The van der Waals surface area contributed by atoms with E-state index in [1.165, 1.54) is 0 Å². The van der Waals surface area contributed by atoms with Gasteiger partial charge >= 0.3 is 5.97 Å². The standard InChI is InChI=1S/C21H25NO5/c1-15(2)13-26-19-6-4-5-17(11-19)21(24)27-14-20(23)22-12-16-7-9-18(25-3)10-8-16/h4-11,15H,12-14H2,1-3H3,(H,22,23). The highest BCUT2D eigenvalue weighted by atomic mass is 16.5. The summed E-state index contributed by atoms with van der Waals surface area (Å²) in [6.07, 6.45) is 0. The number of carbonyl (C=O) groups excluding carboxylic acids is 2. The molecule has 0 saturated carbocycles. The van der Waals surface area contributed by atoms with Crippen molar-refractivity contribution < 1.29 is 23.8 Å². The third-order valence-corrected chi connectivity index (χ3v) is 3.64. The van der Waals surface area contributed by atoms with Crippen LogP contribution in [0.5, 0.6) is 11.5 Å². The number of esters is 1. The lowest BCUT2D eigenvalue weighted by atomic mass is 10.2. The fraction of sp³-hybridized carbons (Fsp3) is 0.333. The van der Waals surface area contributed by atoms with Gasteiger partial charge in [0.05, 0.1) is 19.3 Å². The van der Waals surface area contributed by atoms with Crippen molar-refractivity contribution in [2.45, 2.75) is 20.4 Å². The molecular weight excluding hydrogens is 346 g/mol. The molecule has 0 aliphatic carbocycles. The summed E-state index contributed by atoms with van der Waals surface area (Å²) in [7, 11) is 1.59. The lowest BCUT2D eigenvalue weighted by Crippen LogP contribution is -2.28. The van der Waals surface area contributed by atoms with E-state index in [2.05, 4.69) is 5.32 Å². The third kappa shape index (κ3) is 7.01. The summed E-state index contributed by atoms with van der Waals surface area (Å²) in [4.78, 5) is 24.0. The molecule has 2 rings (SSSR count). The predicted molar refractivity (Wildman–Crippen MR) is 102 cm³/mol. The second-order valence-corrected chi connectivity index (χ2v) is 6.43. The molecule has 6 nitrogen and oxygen atoms in total. The Morgan fingerprint density at radius 2 is 1.78 bits per heavy atom. The number of hydrogen-bond acceptors (Lipinski definition) is 5. The van der Waals surface area contributed by atoms with Crippen LogP contribution in [0.1, 0.15) is 29.8 Å². The highest BCUT2D eigenvalue weighted by molar-refractivity contribution is 5.91. The second-order valence-electron chi connectivity index (χ2n) is 6.43. The SMILES string of the molecule is COc1ccc(CNC(=O)COC(=O)c2cccc(OCC(C)C)c2)cc1. The maximum Gasteiger partial charge on any atom is 0.338 e. The summed E-state index contributed by atoms with van der Waals surface area (Å²) in [6, 6.07) is 14.1. The van der Waals surface area contributed by atoms with Gasteiger partial charge in [-0.3, -0.25) is 4.79 Å². The first kappa shape index (κ1) is 20.3. The first-order valence-electron chi connectivity index (χ1n) is 8.77. The van der Waals surface area contributed by atoms with Gasteiger partial charge in [-0.25, -0.2) is 4.79 Å². The smallest absolute Gasteiger partial charge is 0.338 e. The molecule has 0 saturated heterocycles. The average molecular weight is 371 g/mol.